The molecule has 1 heteroatoms. The number of allylic oxidation sites excluding steroid dienone is 2. The first-order valence-corrected chi connectivity index (χ1v) is 5.20. The van der Waals surface area contributed by atoms with E-state index in [2.05, 4.69) is 20.8 Å². The minimum atomic E-state index is 0.339. The van der Waals surface area contributed by atoms with Crippen molar-refractivity contribution in [2.45, 2.75) is 52.9 Å². The van der Waals surface area contributed by atoms with Crippen molar-refractivity contribution in [3.8, 4) is 0 Å². The largest absolute Gasteiger partial charge is 0.303 e. The van der Waals surface area contributed by atoms with Gasteiger partial charge < -0.3 is 4.79 Å². The lowest BCUT2D eigenvalue weighted by molar-refractivity contribution is -0.107. The van der Waals surface area contributed by atoms with Crippen LogP contribution in [0.4, 0.5) is 0 Å². The van der Waals surface area contributed by atoms with Crippen molar-refractivity contribution >= 4 is 6.29 Å². The van der Waals surface area contributed by atoms with Crippen molar-refractivity contribution in [1.82, 2.24) is 0 Å². The van der Waals surface area contributed by atoms with E-state index in [1.54, 1.807) is 0 Å². The lowest BCUT2D eigenvalue weighted by atomic mass is 9.71. The Labute approximate surface area is 81.2 Å². The highest BCUT2D eigenvalue weighted by Gasteiger charge is 2.27. The van der Waals surface area contributed by atoms with E-state index in [9.17, 15) is 4.79 Å². The monoisotopic (exact) mass is 180 g/mol. The van der Waals surface area contributed by atoms with Crippen molar-refractivity contribution in [1.29, 1.82) is 0 Å². The number of hydrogen-bond donors (Lipinski definition) is 0. The van der Waals surface area contributed by atoms with E-state index in [0.29, 0.717) is 11.8 Å². The molecule has 1 nitrogen and oxygen atoms in total. The van der Waals surface area contributed by atoms with Gasteiger partial charge in [0.25, 0.3) is 0 Å². The molecular weight excluding hydrogens is 160 g/mol. The molecular formula is C12H20O. The molecule has 0 heterocycles. The molecule has 0 bridgehead atoms. The van der Waals surface area contributed by atoms with Gasteiger partial charge in [0, 0.05) is 6.42 Å². The highest BCUT2D eigenvalue weighted by Crippen LogP contribution is 2.41. The Balaban J connectivity index is 2.78. The van der Waals surface area contributed by atoms with Gasteiger partial charge in [-0.1, -0.05) is 25.0 Å². The van der Waals surface area contributed by atoms with E-state index in [-0.39, 0.29) is 0 Å². The SMILES string of the molecule is CC1=C(CCC=O)C(C)(C)CCC1. The molecule has 0 N–H and O–H groups in total. The van der Waals surface area contributed by atoms with E-state index in [1.165, 1.54) is 30.4 Å². The van der Waals surface area contributed by atoms with Crippen LogP contribution >= 0.6 is 0 Å². The summed E-state index contributed by atoms with van der Waals surface area (Å²) in [7, 11) is 0. The van der Waals surface area contributed by atoms with Crippen LogP contribution in [0.1, 0.15) is 52.9 Å². The van der Waals surface area contributed by atoms with Crippen molar-refractivity contribution in [3.05, 3.63) is 11.1 Å². The summed E-state index contributed by atoms with van der Waals surface area (Å²) in [4.78, 5) is 10.3. The summed E-state index contributed by atoms with van der Waals surface area (Å²) < 4.78 is 0. The minimum absolute atomic E-state index is 0.339. The minimum Gasteiger partial charge on any atom is -0.303 e. The average molecular weight is 180 g/mol. The lowest BCUT2D eigenvalue weighted by Gasteiger charge is -2.34. The second kappa shape index (κ2) is 4.08. The van der Waals surface area contributed by atoms with Crippen LogP contribution in [0.2, 0.25) is 0 Å². The fourth-order valence-electron chi connectivity index (χ4n) is 2.43. The summed E-state index contributed by atoms with van der Waals surface area (Å²) in [6.45, 7) is 6.83. The maximum Gasteiger partial charge on any atom is 0.120 e. The average Bonchev–Trinajstić information content (AvgIpc) is 2.02. The van der Waals surface area contributed by atoms with Crippen LogP contribution in [-0.2, 0) is 4.79 Å². The Hall–Kier alpha value is -0.590. The summed E-state index contributed by atoms with van der Waals surface area (Å²) in [5.41, 5.74) is 3.40. The van der Waals surface area contributed by atoms with Gasteiger partial charge in [0.1, 0.15) is 6.29 Å². The highest BCUT2D eigenvalue weighted by atomic mass is 16.1. The van der Waals surface area contributed by atoms with Crippen molar-refractivity contribution in [2.24, 2.45) is 5.41 Å². The quantitative estimate of drug-likeness (QED) is 0.480. The highest BCUT2D eigenvalue weighted by molar-refractivity contribution is 5.50. The van der Waals surface area contributed by atoms with Gasteiger partial charge in [0.2, 0.25) is 0 Å². The van der Waals surface area contributed by atoms with E-state index in [0.717, 1.165) is 12.7 Å². The molecule has 0 amide bonds. The first kappa shape index (κ1) is 10.5. The predicted molar refractivity (Wildman–Crippen MR) is 55.6 cm³/mol. The standard InChI is InChI=1S/C12H20O/c1-10-6-4-8-12(2,3)11(10)7-5-9-13/h9H,4-8H2,1-3H3. The second-order valence-electron chi connectivity index (χ2n) is 4.70. The van der Waals surface area contributed by atoms with E-state index < -0.39 is 0 Å². The molecule has 1 aliphatic rings. The molecule has 0 aromatic rings. The molecule has 0 unspecified atom stereocenters. The zero-order valence-corrected chi connectivity index (χ0v) is 9.02. The summed E-state index contributed by atoms with van der Waals surface area (Å²) in [5.74, 6) is 0. The topological polar surface area (TPSA) is 17.1 Å². The van der Waals surface area contributed by atoms with Gasteiger partial charge in [-0.3, -0.25) is 0 Å². The van der Waals surface area contributed by atoms with Gasteiger partial charge in [-0.15, -0.1) is 0 Å². The maximum absolute atomic E-state index is 10.3. The number of rotatable bonds is 3. The fourth-order valence-corrected chi connectivity index (χ4v) is 2.43. The number of aldehydes is 1. The van der Waals surface area contributed by atoms with Crippen LogP contribution in [0.5, 0.6) is 0 Å². The van der Waals surface area contributed by atoms with Crippen LogP contribution in [-0.4, -0.2) is 6.29 Å². The first-order chi connectivity index (χ1) is 6.08. The molecule has 0 aliphatic heterocycles. The molecule has 0 radical (unpaired) electrons. The normalized spacial score (nSPS) is 21.8. The zero-order valence-electron chi connectivity index (χ0n) is 9.02. The summed E-state index contributed by atoms with van der Waals surface area (Å²) >= 11 is 0. The van der Waals surface area contributed by atoms with Gasteiger partial charge in [-0.05, 0) is 38.0 Å². The molecule has 0 saturated carbocycles. The zero-order chi connectivity index (χ0) is 9.90. The predicted octanol–water partition coefficient (Wildman–Crippen LogP) is 3.49. The lowest BCUT2D eigenvalue weighted by Crippen LogP contribution is -2.20. The molecule has 0 atom stereocenters. The number of carbonyl (C=O) groups is 1. The molecule has 0 aromatic carbocycles. The molecule has 0 fully saturated rings. The Morgan fingerprint density at radius 1 is 1.46 bits per heavy atom. The molecule has 13 heavy (non-hydrogen) atoms. The van der Waals surface area contributed by atoms with Crippen LogP contribution in [0.25, 0.3) is 0 Å². The molecule has 1 rings (SSSR count). The third-order valence-electron chi connectivity index (χ3n) is 3.20. The van der Waals surface area contributed by atoms with Gasteiger partial charge in [-0.2, -0.15) is 0 Å². The van der Waals surface area contributed by atoms with Crippen LogP contribution in [0.15, 0.2) is 11.1 Å². The summed E-state index contributed by atoms with van der Waals surface area (Å²) in [6.07, 6.45) is 6.52. The van der Waals surface area contributed by atoms with Crippen LogP contribution < -0.4 is 0 Å². The molecule has 1 aliphatic carbocycles. The van der Waals surface area contributed by atoms with E-state index in [1.807, 2.05) is 0 Å². The molecule has 0 saturated heterocycles. The van der Waals surface area contributed by atoms with Gasteiger partial charge in [0.05, 0.1) is 0 Å². The van der Waals surface area contributed by atoms with Crippen LogP contribution in [0.3, 0.4) is 0 Å². The Morgan fingerprint density at radius 2 is 2.15 bits per heavy atom. The van der Waals surface area contributed by atoms with Crippen LogP contribution in [0, 0.1) is 5.41 Å². The number of hydrogen-bond acceptors (Lipinski definition) is 1. The smallest absolute Gasteiger partial charge is 0.120 e. The maximum atomic E-state index is 10.3. The van der Waals surface area contributed by atoms with Gasteiger partial charge in [-0.25, -0.2) is 0 Å². The number of carbonyl (C=O) groups excluding carboxylic acids is 1. The Kier molecular flexibility index (Phi) is 3.29. The van der Waals surface area contributed by atoms with E-state index >= 15 is 0 Å². The molecule has 0 aromatic heterocycles. The van der Waals surface area contributed by atoms with Gasteiger partial charge >= 0.3 is 0 Å². The summed E-state index contributed by atoms with van der Waals surface area (Å²) in [5, 5.41) is 0. The third-order valence-corrected chi connectivity index (χ3v) is 3.20. The first-order valence-electron chi connectivity index (χ1n) is 5.20. The third kappa shape index (κ3) is 2.43. The van der Waals surface area contributed by atoms with Crippen molar-refractivity contribution < 1.29 is 4.79 Å². The second-order valence-corrected chi connectivity index (χ2v) is 4.70. The Morgan fingerprint density at radius 3 is 2.69 bits per heavy atom. The Bertz CT molecular complexity index is 223. The van der Waals surface area contributed by atoms with Gasteiger partial charge in [0.15, 0.2) is 0 Å². The summed E-state index contributed by atoms with van der Waals surface area (Å²) in [6, 6.07) is 0. The van der Waals surface area contributed by atoms with Crippen molar-refractivity contribution in [3.63, 3.8) is 0 Å². The molecule has 74 valence electrons. The fraction of sp³-hybridized carbons (Fsp3) is 0.750. The van der Waals surface area contributed by atoms with Crippen molar-refractivity contribution in [2.75, 3.05) is 0 Å². The van der Waals surface area contributed by atoms with E-state index in [4.69, 9.17) is 0 Å². The molecule has 0 spiro atoms.